The SMILES string of the molecule is CC=CCOCc1cc2ccccc2o1. The second-order valence-corrected chi connectivity index (χ2v) is 3.33. The molecule has 2 nitrogen and oxygen atoms in total. The number of furan rings is 1. The summed E-state index contributed by atoms with van der Waals surface area (Å²) in [6, 6.07) is 9.99. The molecule has 1 heterocycles. The molecule has 0 amide bonds. The summed E-state index contributed by atoms with van der Waals surface area (Å²) < 4.78 is 11.0. The Kier molecular flexibility index (Phi) is 3.20. The van der Waals surface area contributed by atoms with E-state index in [4.69, 9.17) is 9.15 Å². The summed E-state index contributed by atoms with van der Waals surface area (Å²) in [6.07, 6.45) is 3.95. The van der Waals surface area contributed by atoms with Gasteiger partial charge in [-0.05, 0) is 19.1 Å². The van der Waals surface area contributed by atoms with E-state index in [9.17, 15) is 0 Å². The lowest BCUT2D eigenvalue weighted by atomic mass is 10.2. The predicted octanol–water partition coefficient (Wildman–Crippen LogP) is 3.53. The van der Waals surface area contributed by atoms with Crippen molar-refractivity contribution in [3.05, 3.63) is 48.2 Å². The molecule has 2 aromatic rings. The van der Waals surface area contributed by atoms with Crippen LogP contribution in [0.1, 0.15) is 12.7 Å². The molecule has 0 spiro atoms. The van der Waals surface area contributed by atoms with E-state index < -0.39 is 0 Å². The van der Waals surface area contributed by atoms with Crippen molar-refractivity contribution in [3.63, 3.8) is 0 Å². The van der Waals surface area contributed by atoms with Gasteiger partial charge >= 0.3 is 0 Å². The smallest absolute Gasteiger partial charge is 0.134 e. The van der Waals surface area contributed by atoms with Crippen LogP contribution in [0.4, 0.5) is 0 Å². The fourth-order valence-corrected chi connectivity index (χ4v) is 1.43. The van der Waals surface area contributed by atoms with Crippen molar-refractivity contribution < 1.29 is 9.15 Å². The molecule has 0 N–H and O–H groups in total. The van der Waals surface area contributed by atoms with Crippen LogP contribution in [0.2, 0.25) is 0 Å². The summed E-state index contributed by atoms with van der Waals surface area (Å²) in [5.41, 5.74) is 0.919. The Balaban J connectivity index is 2.02. The number of allylic oxidation sites excluding steroid dienone is 1. The lowest BCUT2D eigenvalue weighted by Gasteiger charge is -1.95. The first-order chi connectivity index (χ1) is 7.40. The van der Waals surface area contributed by atoms with Crippen LogP contribution in [0.3, 0.4) is 0 Å². The minimum atomic E-state index is 0.527. The number of hydrogen-bond acceptors (Lipinski definition) is 2. The standard InChI is InChI=1S/C13H14O2/c1-2-3-8-14-10-12-9-11-6-4-5-7-13(11)15-12/h2-7,9H,8,10H2,1H3. The summed E-state index contributed by atoms with van der Waals surface area (Å²) in [5.74, 6) is 0.876. The minimum Gasteiger partial charge on any atom is -0.459 e. The highest BCUT2D eigenvalue weighted by Gasteiger charge is 2.01. The lowest BCUT2D eigenvalue weighted by molar-refractivity contribution is 0.133. The van der Waals surface area contributed by atoms with Crippen LogP contribution in [0, 0.1) is 0 Å². The average Bonchev–Trinajstić information content (AvgIpc) is 2.67. The van der Waals surface area contributed by atoms with Gasteiger partial charge in [0, 0.05) is 5.39 Å². The molecule has 0 aliphatic heterocycles. The number of hydrogen-bond donors (Lipinski definition) is 0. The fourth-order valence-electron chi connectivity index (χ4n) is 1.43. The summed E-state index contributed by atoms with van der Waals surface area (Å²) in [7, 11) is 0. The topological polar surface area (TPSA) is 22.4 Å². The van der Waals surface area contributed by atoms with Crippen molar-refractivity contribution in [3.8, 4) is 0 Å². The van der Waals surface area contributed by atoms with E-state index in [2.05, 4.69) is 0 Å². The molecule has 1 aromatic heterocycles. The van der Waals surface area contributed by atoms with Crippen LogP contribution in [0.15, 0.2) is 46.9 Å². The number of benzene rings is 1. The highest BCUT2D eigenvalue weighted by atomic mass is 16.5. The molecule has 0 saturated heterocycles. The van der Waals surface area contributed by atoms with Crippen molar-refractivity contribution in [2.24, 2.45) is 0 Å². The second kappa shape index (κ2) is 4.80. The Morgan fingerprint density at radius 3 is 3.00 bits per heavy atom. The van der Waals surface area contributed by atoms with Crippen molar-refractivity contribution in [1.82, 2.24) is 0 Å². The van der Waals surface area contributed by atoms with Gasteiger partial charge in [-0.3, -0.25) is 0 Å². The molecular formula is C13H14O2. The van der Waals surface area contributed by atoms with Crippen molar-refractivity contribution in [1.29, 1.82) is 0 Å². The third-order valence-corrected chi connectivity index (χ3v) is 2.17. The van der Waals surface area contributed by atoms with Gasteiger partial charge in [-0.25, -0.2) is 0 Å². The van der Waals surface area contributed by atoms with Crippen LogP contribution in [-0.4, -0.2) is 6.61 Å². The van der Waals surface area contributed by atoms with Gasteiger partial charge in [0.1, 0.15) is 18.0 Å². The molecule has 0 saturated carbocycles. The van der Waals surface area contributed by atoms with Gasteiger partial charge < -0.3 is 9.15 Å². The Morgan fingerprint density at radius 2 is 2.20 bits per heavy atom. The van der Waals surface area contributed by atoms with Gasteiger partial charge in [-0.1, -0.05) is 30.4 Å². The average molecular weight is 202 g/mol. The van der Waals surface area contributed by atoms with Gasteiger partial charge in [0.15, 0.2) is 0 Å². The molecule has 78 valence electrons. The van der Waals surface area contributed by atoms with Gasteiger partial charge in [0.2, 0.25) is 0 Å². The van der Waals surface area contributed by atoms with E-state index >= 15 is 0 Å². The van der Waals surface area contributed by atoms with E-state index in [1.165, 1.54) is 0 Å². The molecule has 0 aliphatic carbocycles. The monoisotopic (exact) mass is 202 g/mol. The molecule has 0 aliphatic rings. The van der Waals surface area contributed by atoms with E-state index in [0.29, 0.717) is 13.2 Å². The number of ether oxygens (including phenoxy) is 1. The molecule has 0 fully saturated rings. The van der Waals surface area contributed by atoms with Crippen LogP contribution in [-0.2, 0) is 11.3 Å². The molecule has 0 radical (unpaired) electrons. The molecule has 2 rings (SSSR count). The van der Waals surface area contributed by atoms with Crippen molar-refractivity contribution >= 4 is 11.0 Å². The zero-order valence-electron chi connectivity index (χ0n) is 8.77. The van der Waals surface area contributed by atoms with Gasteiger partial charge in [-0.2, -0.15) is 0 Å². The van der Waals surface area contributed by atoms with Gasteiger partial charge in [0.25, 0.3) is 0 Å². The van der Waals surface area contributed by atoms with Crippen molar-refractivity contribution in [2.45, 2.75) is 13.5 Å². The lowest BCUT2D eigenvalue weighted by Crippen LogP contribution is -1.90. The summed E-state index contributed by atoms with van der Waals surface area (Å²) in [5, 5.41) is 1.13. The van der Waals surface area contributed by atoms with Crippen LogP contribution in [0.5, 0.6) is 0 Å². The zero-order valence-corrected chi connectivity index (χ0v) is 8.77. The van der Waals surface area contributed by atoms with Crippen LogP contribution in [0.25, 0.3) is 11.0 Å². The third-order valence-electron chi connectivity index (χ3n) is 2.17. The fraction of sp³-hybridized carbons (Fsp3) is 0.231. The maximum Gasteiger partial charge on any atom is 0.134 e. The molecule has 0 bridgehead atoms. The third kappa shape index (κ3) is 2.48. The summed E-state index contributed by atoms with van der Waals surface area (Å²) in [4.78, 5) is 0. The number of para-hydroxylation sites is 1. The molecule has 1 aromatic carbocycles. The minimum absolute atomic E-state index is 0.527. The van der Waals surface area contributed by atoms with Gasteiger partial charge in [0.05, 0.1) is 6.61 Å². The summed E-state index contributed by atoms with van der Waals surface area (Å²) >= 11 is 0. The number of rotatable bonds is 4. The molecule has 0 unspecified atom stereocenters. The second-order valence-electron chi connectivity index (χ2n) is 3.33. The first-order valence-electron chi connectivity index (χ1n) is 5.06. The Morgan fingerprint density at radius 1 is 1.33 bits per heavy atom. The molecule has 15 heavy (non-hydrogen) atoms. The largest absolute Gasteiger partial charge is 0.459 e. The Hall–Kier alpha value is -1.54. The first-order valence-corrected chi connectivity index (χ1v) is 5.06. The first kappa shape index (κ1) is 9.99. The normalized spacial score (nSPS) is 11.5. The van der Waals surface area contributed by atoms with Crippen molar-refractivity contribution in [2.75, 3.05) is 6.61 Å². The zero-order chi connectivity index (χ0) is 10.5. The summed E-state index contributed by atoms with van der Waals surface area (Å²) in [6.45, 7) is 3.14. The Bertz CT molecular complexity index is 421. The van der Waals surface area contributed by atoms with E-state index in [1.807, 2.05) is 49.4 Å². The highest BCUT2D eigenvalue weighted by molar-refractivity contribution is 5.77. The number of fused-ring (bicyclic) bond motifs is 1. The van der Waals surface area contributed by atoms with Gasteiger partial charge in [-0.15, -0.1) is 0 Å². The van der Waals surface area contributed by atoms with Crippen LogP contribution < -0.4 is 0 Å². The maximum absolute atomic E-state index is 5.60. The van der Waals surface area contributed by atoms with E-state index in [1.54, 1.807) is 0 Å². The molecule has 0 atom stereocenters. The predicted molar refractivity (Wildman–Crippen MR) is 60.7 cm³/mol. The maximum atomic E-state index is 5.60. The Labute approximate surface area is 89.2 Å². The van der Waals surface area contributed by atoms with Crippen LogP contribution >= 0.6 is 0 Å². The quantitative estimate of drug-likeness (QED) is 0.559. The molecule has 2 heteroatoms. The van der Waals surface area contributed by atoms with E-state index in [0.717, 1.165) is 16.7 Å². The molecular weight excluding hydrogens is 188 g/mol. The highest BCUT2D eigenvalue weighted by Crippen LogP contribution is 2.19. The van der Waals surface area contributed by atoms with E-state index in [-0.39, 0.29) is 0 Å².